The van der Waals surface area contributed by atoms with Crippen LogP contribution in [0.25, 0.3) is 0 Å². The van der Waals surface area contributed by atoms with Crippen LogP contribution in [0.3, 0.4) is 0 Å². The van der Waals surface area contributed by atoms with Crippen LogP contribution in [-0.4, -0.2) is 82.5 Å². The van der Waals surface area contributed by atoms with Gasteiger partial charge in [-0.3, -0.25) is 4.79 Å². The van der Waals surface area contributed by atoms with E-state index in [2.05, 4.69) is 5.32 Å². The lowest BCUT2D eigenvalue weighted by Crippen LogP contribution is -2.56. The largest absolute Gasteiger partial charge is 0.507 e. The quantitative estimate of drug-likeness (QED) is 0.260. The molecule has 1 aliphatic heterocycles. The highest BCUT2D eigenvalue weighted by Crippen LogP contribution is 2.61. The predicted molar refractivity (Wildman–Crippen MR) is 129 cm³/mol. The van der Waals surface area contributed by atoms with Crippen LogP contribution in [0.1, 0.15) is 60.9 Å². The van der Waals surface area contributed by atoms with E-state index in [9.17, 15) is 29.9 Å². The summed E-state index contributed by atoms with van der Waals surface area (Å²) in [6, 6.07) is 3.58. The standard InChI is InChI=1S/C24H36BN3O7/c1-13-20(22(13)25(33)34)17-6-7-18(21(23(17)30)24(31)32)35-16-11-28(12-16)19(29)10-14-2-4-15(5-3-14)27-9-8-26/h6-7,13-16,20,22,27,30,33-34H,2-5,8-12,26H2,1H3,(H,31,32)/t13-,14-,15+,20?,22?/m0/s1. The van der Waals surface area contributed by atoms with Crippen molar-refractivity contribution < 1.29 is 34.6 Å². The van der Waals surface area contributed by atoms with Gasteiger partial charge in [0.1, 0.15) is 23.2 Å². The fourth-order valence-electron chi connectivity index (χ4n) is 5.73. The Kier molecular flexibility index (Phi) is 7.90. The first-order chi connectivity index (χ1) is 16.7. The van der Waals surface area contributed by atoms with Crippen molar-refractivity contribution in [1.29, 1.82) is 0 Å². The highest BCUT2D eigenvalue weighted by Gasteiger charge is 2.55. The van der Waals surface area contributed by atoms with Gasteiger partial charge in [-0.25, -0.2) is 4.79 Å². The molecular weight excluding hydrogens is 453 g/mol. The second-order valence-electron chi connectivity index (χ2n) is 10.3. The summed E-state index contributed by atoms with van der Waals surface area (Å²) in [5.41, 5.74) is 5.58. The molecule has 1 amide bonds. The highest BCUT2D eigenvalue weighted by atomic mass is 16.5. The number of carboxylic acids is 1. The number of phenols is 1. The molecule has 0 aromatic heterocycles. The van der Waals surface area contributed by atoms with Crippen molar-refractivity contribution in [3.05, 3.63) is 23.3 Å². The minimum atomic E-state index is -1.53. The van der Waals surface area contributed by atoms with Crippen molar-refractivity contribution in [3.63, 3.8) is 0 Å². The molecule has 4 rings (SSSR count). The molecule has 0 bridgehead atoms. The van der Waals surface area contributed by atoms with E-state index in [0.717, 1.165) is 32.2 Å². The number of rotatable bonds is 10. The number of carbonyl (C=O) groups excluding carboxylic acids is 1. The first-order valence-electron chi connectivity index (χ1n) is 12.5. The zero-order chi connectivity index (χ0) is 25.3. The van der Waals surface area contributed by atoms with E-state index in [1.54, 1.807) is 11.0 Å². The molecular formula is C24H36BN3O7. The van der Waals surface area contributed by atoms with Gasteiger partial charge in [0, 0.05) is 31.4 Å². The molecule has 3 fully saturated rings. The Morgan fingerprint density at radius 1 is 1.20 bits per heavy atom. The zero-order valence-corrected chi connectivity index (χ0v) is 20.1. The summed E-state index contributed by atoms with van der Waals surface area (Å²) in [5, 5.41) is 42.8. The number of carboxylic acid groups (broad SMARTS) is 1. The molecule has 3 atom stereocenters. The summed E-state index contributed by atoms with van der Waals surface area (Å²) in [4.78, 5) is 26.3. The number of likely N-dealkylation sites (tertiary alicyclic amines) is 1. The minimum Gasteiger partial charge on any atom is -0.507 e. The minimum absolute atomic E-state index is 0.0496. The second kappa shape index (κ2) is 10.7. The number of amides is 1. The fraction of sp³-hybridized carbons (Fsp3) is 0.667. The maximum atomic E-state index is 12.7. The van der Waals surface area contributed by atoms with E-state index in [1.807, 2.05) is 6.92 Å². The van der Waals surface area contributed by atoms with Crippen LogP contribution >= 0.6 is 0 Å². The third kappa shape index (κ3) is 5.58. The van der Waals surface area contributed by atoms with Gasteiger partial charge in [0.05, 0.1) is 13.1 Å². The van der Waals surface area contributed by atoms with Gasteiger partial charge in [0.2, 0.25) is 5.91 Å². The summed E-state index contributed by atoms with van der Waals surface area (Å²) in [6.07, 6.45) is 4.32. The van der Waals surface area contributed by atoms with E-state index >= 15 is 0 Å². The Morgan fingerprint density at radius 2 is 1.89 bits per heavy atom. The van der Waals surface area contributed by atoms with Gasteiger partial charge in [-0.1, -0.05) is 13.0 Å². The monoisotopic (exact) mass is 489 g/mol. The third-order valence-electron chi connectivity index (χ3n) is 7.92. The molecule has 35 heavy (non-hydrogen) atoms. The number of benzene rings is 1. The van der Waals surface area contributed by atoms with Gasteiger partial charge in [-0.05, 0) is 55.1 Å². The Bertz CT molecular complexity index is 932. The van der Waals surface area contributed by atoms with Crippen molar-refractivity contribution in [2.45, 2.75) is 62.9 Å². The number of aromatic hydroxyl groups is 1. The maximum absolute atomic E-state index is 12.7. The molecule has 192 valence electrons. The molecule has 1 saturated heterocycles. The van der Waals surface area contributed by atoms with Crippen LogP contribution in [0.4, 0.5) is 0 Å². The van der Waals surface area contributed by atoms with Crippen molar-refractivity contribution in [2.24, 2.45) is 17.6 Å². The van der Waals surface area contributed by atoms with Gasteiger partial charge in [-0.2, -0.15) is 0 Å². The molecule has 10 nitrogen and oxygen atoms in total. The number of hydrogen-bond acceptors (Lipinski definition) is 8. The highest BCUT2D eigenvalue weighted by molar-refractivity contribution is 6.45. The van der Waals surface area contributed by atoms with Crippen LogP contribution in [0.2, 0.25) is 5.82 Å². The predicted octanol–water partition coefficient (Wildman–Crippen LogP) is 0.754. The Hall–Kier alpha value is -2.34. The molecule has 0 spiro atoms. The molecule has 2 aliphatic carbocycles. The first kappa shape index (κ1) is 25.7. The van der Waals surface area contributed by atoms with Crippen LogP contribution in [-0.2, 0) is 4.79 Å². The van der Waals surface area contributed by atoms with Crippen LogP contribution in [0.5, 0.6) is 11.5 Å². The van der Waals surface area contributed by atoms with E-state index in [4.69, 9.17) is 10.5 Å². The SMILES string of the molecule is C[C@@H]1C(B(O)O)C1c1ccc(OC2CN(C(=O)C[C@H]3CC[C@@H](NCCN)CC3)C2)c(C(=O)O)c1O. The fourth-order valence-corrected chi connectivity index (χ4v) is 5.73. The zero-order valence-electron chi connectivity index (χ0n) is 20.1. The van der Waals surface area contributed by atoms with E-state index < -0.39 is 24.7 Å². The number of hydrogen-bond donors (Lipinski definition) is 6. The van der Waals surface area contributed by atoms with E-state index in [1.165, 1.54) is 6.07 Å². The molecule has 3 aliphatic rings. The third-order valence-corrected chi connectivity index (χ3v) is 7.92. The number of ether oxygens (including phenoxy) is 1. The van der Waals surface area contributed by atoms with Gasteiger partial charge >= 0.3 is 13.1 Å². The summed E-state index contributed by atoms with van der Waals surface area (Å²) in [5.74, 6) is -2.06. The maximum Gasteiger partial charge on any atom is 0.455 e. The number of nitrogens with two attached hydrogens (primary N) is 1. The Labute approximate surface area is 205 Å². The molecule has 1 heterocycles. The Balaban J connectivity index is 1.29. The lowest BCUT2D eigenvalue weighted by atomic mass is 9.80. The van der Waals surface area contributed by atoms with Crippen molar-refractivity contribution in [3.8, 4) is 11.5 Å². The van der Waals surface area contributed by atoms with Crippen molar-refractivity contribution in [2.75, 3.05) is 26.2 Å². The van der Waals surface area contributed by atoms with Gasteiger partial charge in [0.25, 0.3) is 0 Å². The van der Waals surface area contributed by atoms with E-state index in [-0.39, 0.29) is 35.2 Å². The summed E-state index contributed by atoms with van der Waals surface area (Å²) in [6.45, 7) is 4.03. The molecule has 0 radical (unpaired) electrons. The average molecular weight is 489 g/mol. The number of carbonyl (C=O) groups is 2. The average Bonchev–Trinajstić information content (AvgIpc) is 3.45. The Morgan fingerprint density at radius 3 is 2.46 bits per heavy atom. The number of nitrogens with zero attached hydrogens (tertiary/aromatic N) is 1. The smallest absolute Gasteiger partial charge is 0.455 e. The normalized spacial score (nSPS) is 28.3. The second-order valence-corrected chi connectivity index (χ2v) is 10.3. The van der Waals surface area contributed by atoms with E-state index in [0.29, 0.717) is 43.6 Å². The molecule has 1 aromatic carbocycles. The van der Waals surface area contributed by atoms with Gasteiger partial charge in [0.15, 0.2) is 0 Å². The molecule has 7 N–H and O–H groups in total. The van der Waals surface area contributed by atoms with Crippen LogP contribution < -0.4 is 15.8 Å². The molecule has 2 unspecified atom stereocenters. The van der Waals surface area contributed by atoms with Gasteiger partial charge in [-0.15, -0.1) is 0 Å². The van der Waals surface area contributed by atoms with Gasteiger partial charge < -0.3 is 40.9 Å². The summed E-state index contributed by atoms with van der Waals surface area (Å²) >= 11 is 0. The first-order valence-corrected chi connectivity index (χ1v) is 12.5. The topological polar surface area (TPSA) is 166 Å². The lowest BCUT2D eigenvalue weighted by Gasteiger charge is -2.40. The lowest BCUT2D eigenvalue weighted by molar-refractivity contribution is -0.141. The summed E-state index contributed by atoms with van der Waals surface area (Å²) in [7, 11) is -1.53. The number of nitrogens with one attached hydrogen (secondary N) is 1. The van der Waals surface area contributed by atoms with Crippen LogP contribution in [0.15, 0.2) is 12.1 Å². The van der Waals surface area contributed by atoms with Crippen LogP contribution in [0, 0.1) is 11.8 Å². The molecule has 2 saturated carbocycles. The molecule has 11 heteroatoms. The number of aromatic carboxylic acids is 1. The summed E-state index contributed by atoms with van der Waals surface area (Å²) < 4.78 is 5.85. The van der Waals surface area contributed by atoms with Crippen molar-refractivity contribution >= 4 is 19.0 Å². The molecule has 1 aromatic rings. The van der Waals surface area contributed by atoms with Crippen molar-refractivity contribution in [1.82, 2.24) is 10.2 Å².